The van der Waals surface area contributed by atoms with E-state index in [4.69, 9.17) is 23.1 Å². The van der Waals surface area contributed by atoms with Gasteiger partial charge in [-0.15, -0.1) is 0 Å². The van der Waals surface area contributed by atoms with Crippen LogP contribution in [-0.2, 0) is 0 Å². The number of benzene rings is 1. The highest BCUT2D eigenvalue weighted by Gasteiger charge is 2.26. The largest absolute Gasteiger partial charge is 0.370 e. The van der Waals surface area contributed by atoms with E-state index in [1.54, 1.807) is 12.1 Å². The van der Waals surface area contributed by atoms with Crippen molar-refractivity contribution in [2.75, 3.05) is 10.6 Å². The van der Waals surface area contributed by atoms with Crippen LogP contribution in [0.15, 0.2) is 41.5 Å². The fourth-order valence-corrected chi connectivity index (χ4v) is 4.00. The fraction of sp³-hybridized carbons (Fsp3) is 0.318. The molecule has 32 heavy (non-hydrogen) atoms. The molecule has 0 spiro atoms. The maximum Gasteiger partial charge on any atom is 0.293 e. The molecule has 3 aromatic rings. The molecule has 1 amide bonds. The number of fused-ring (bicyclic) bond motifs is 1. The molecule has 1 aliphatic carbocycles. The summed E-state index contributed by atoms with van der Waals surface area (Å²) in [5.74, 6) is 0.265. The first-order valence-electron chi connectivity index (χ1n) is 10.5. The molecule has 6 N–H and O–H groups in total. The number of rotatable bonds is 5. The van der Waals surface area contributed by atoms with Crippen LogP contribution in [0.3, 0.4) is 0 Å². The lowest BCUT2D eigenvalue weighted by molar-refractivity contribution is 0.101. The van der Waals surface area contributed by atoms with Crippen molar-refractivity contribution in [2.45, 2.75) is 44.7 Å². The molecule has 0 saturated heterocycles. The minimum absolute atomic E-state index is 0.000777. The van der Waals surface area contributed by atoms with Crippen LogP contribution in [-0.4, -0.2) is 38.9 Å². The summed E-state index contributed by atoms with van der Waals surface area (Å²) in [6.45, 7) is 2.00. The first kappa shape index (κ1) is 21.8. The number of amides is 1. The molecule has 1 saturated carbocycles. The summed E-state index contributed by atoms with van der Waals surface area (Å²) in [6.07, 6.45) is 5.38. The number of aryl methyl sites for hydroxylation is 1. The molecule has 1 aliphatic rings. The Labute approximate surface area is 190 Å². The molecule has 9 nitrogen and oxygen atoms in total. The summed E-state index contributed by atoms with van der Waals surface area (Å²) < 4.78 is 0. The van der Waals surface area contributed by atoms with E-state index in [1.807, 2.05) is 25.1 Å². The summed E-state index contributed by atoms with van der Waals surface area (Å²) in [5.41, 5.74) is 13.5. The number of guanidine groups is 1. The number of anilines is 2. The van der Waals surface area contributed by atoms with Gasteiger partial charge in [-0.2, -0.15) is 0 Å². The Morgan fingerprint density at radius 2 is 1.97 bits per heavy atom. The Morgan fingerprint density at radius 1 is 1.16 bits per heavy atom. The van der Waals surface area contributed by atoms with Crippen molar-refractivity contribution >= 4 is 45.9 Å². The lowest BCUT2D eigenvalue weighted by Crippen LogP contribution is -2.38. The quantitative estimate of drug-likeness (QED) is 0.264. The van der Waals surface area contributed by atoms with Gasteiger partial charge < -0.3 is 22.1 Å². The number of hydrogen-bond acceptors (Lipinski definition) is 6. The van der Waals surface area contributed by atoms with Crippen molar-refractivity contribution in [1.29, 1.82) is 0 Å². The van der Waals surface area contributed by atoms with Crippen LogP contribution in [0.25, 0.3) is 10.9 Å². The van der Waals surface area contributed by atoms with Crippen LogP contribution in [0.1, 0.15) is 41.9 Å². The molecule has 0 aliphatic heterocycles. The average molecular weight is 453 g/mol. The van der Waals surface area contributed by atoms with Gasteiger partial charge >= 0.3 is 0 Å². The zero-order valence-electron chi connectivity index (χ0n) is 17.7. The Bertz CT molecular complexity index is 1160. The molecule has 166 valence electrons. The monoisotopic (exact) mass is 452 g/mol. The van der Waals surface area contributed by atoms with E-state index >= 15 is 0 Å². The number of nitrogens with zero attached hydrogens (tertiary/aromatic N) is 4. The maximum atomic E-state index is 12.9. The molecule has 0 radical (unpaired) electrons. The standard InChI is InChI=1S/C22H25ClN8O/c1-12-6-8-15-14(10-12)19(29-16-4-2-3-5-17(16)30-22(24)25)31-20(28-15)21(32)27-13-7-9-18(23)26-11-13/h6-11,16-17H,2-5H2,1H3,(H,27,32)(H4,24,25,30)(H,28,29,31). The van der Waals surface area contributed by atoms with Crippen LogP contribution in [0.5, 0.6) is 0 Å². The van der Waals surface area contributed by atoms with Crippen molar-refractivity contribution in [3.63, 3.8) is 0 Å². The van der Waals surface area contributed by atoms with Crippen molar-refractivity contribution < 1.29 is 4.79 Å². The highest BCUT2D eigenvalue weighted by molar-refractivity contribution is 6.29. The molecule has 10 heteroatoms. The minimum atomic E-state index is -0.441. The second-order valence-electron chi connectivity index (χ2n) is 7.90. The van der Waals surface area contributed by atoms with Gasteiger partial charge in [-0.25, -0.2) is 19.9 Å². The van der Waals surface area contributed by atoms with Gasteiger partial charge in [-0.1, -0.05) is 36.1 Å². The molecule has 1 aromatic carbocycles. The summed E-state index contributed by atoms with van der Waals surface area (Å²) in [4.78, 5) is 30.3. The first-order valence-corrected chi connectivity index (χ1v) is 10.8. The molecule has 2 unspecified atom stereocenters. The molecule has 1 fully saturated rings. The smallest absolute Gasteiger partial charge is 0.293 e. The lowest BCUT2D eigenvalue weighted by atomic mass is 9.90. The van der Waals surface area contributed by atoms with Crippen molar-refractivity contribution in [3.05, 3.63) is 53.1 Å². The second-order valence-corrected chi connectivity index (χ2v) is 8.28. The van der Waals surface area contributed by atoms with E-state index in [0.29, 0.717) is 22.2 Å². The third kappa shape index (κ3) is 5.05. The number of pyridine rings is 1. The Kier molecular flexibility index (Phi) is 6.36. The fourth-order valence-electron chi connectivity index (χ4n) is 3.89. The zero-order valence-corrected chi connectivity index (χ0v) is 18.4. The van der Waals surface area contributed by atoms with Crippen LogP contribution in [0.4, 0.5) is 11.5 Å². The number of aliphatic imine (C=N–C) groups is 1. The summed E-state index contributed by atoms with van der Waals surface area (Å²) >= 11 is 5.82. The number of hydrogen-bond donors (Lipinski definition) is 4. The van der Waals surface area contributed by atoms with Crippen LogP contribution >= 0.6 is 11.6 Å². The van der Waals surface area contributed by atoms with Gasteiger partial charge in [0.1, 0.15) is 11.0 Å². The van der Waals surface area contributed by atoms with Gasteiger partial charge in [0.05, 0.1) is 29.5 Å². The Balaban J connectivity index is 1.68. The predicted octanol–water partition coefficient (Wildman–Crippen LogP) is 3.24. The minimum Gasteiger partial charge on any atom is -0.370 e. The van der Waals surface area contributed by atoms with Gasteiger partial charge in [-0.05, 0) is 44.0 Å². The van der Waals surface area contributed by atoms with Crippen LogP contribution in [0, 0.1) is 6.92 Å². The molecule has 2 aromatic heterocycles. The van der Waals surface area contributed by atoms with E-state index < -0.39 is 5.91 Å². The molecular formula is C22H25ClN8O. The number of nitrogens with two attached hydrogens (primary N) is 2. The van der Waals surface area contributed by atoms with Crippen molar-refractivity contribution in [2.24, 2.45) is 16.5 Å². The Morgan fingerprint density at radius 3 is 2.72 bits per heavy atom. The molecule has 0 bridgehead atoms. The van der Waals surface area contributed by atoms with E-state index in [0.717, 1.165) is 36.6 Å². The third-order valence-corrected chi connectivity index (χ3v) is 5.63. The SMILES string of the molecule is Cc1ccc2nc(C(=O)Nc3ccc(Cl)nc3)nc(NC3CCCCC3N=C(N)N)c2c1. The first-order chi connectivity index (χ1) is 15.4. The van der Waals surface area contributed by atoms with E-state index in [9.17, 15) is 4.79 Å². The lowest BCUT2D eigenvalue weighted by Gasteiger charge is -2.30. The van der Waals surface area contributed by atoms with Gasteiger partial charge in [0.2, 0.25) is 5.82 Å². The Hall–Kier alpha value is -3.46. The zero-order chi connectivity index (χ0) is 22.7. The van der Waals surface area contributed by atoms with E-state index in [1.165, 1.54) is 6.20 Å². The average Bonchev–Trinajstić information content (AvgIpc) is 2.76. The molecule has 2 atom stereocenters. The molecular weight excluding hydrogens is 428 g/mol. The number of nitrogens with one attached hydrogen (secondary N) is 2. The number of aromatic nitrogens is 3. The maximum absolute atomic E-state index is 12.9. The van der Waals surface area contributed by atoms with E-state index in [2.05, 4.69) is 30.6 Å². The highest BCUT2D eigenvalue weighted by Crippen LogP contribution is 2.28. The summed E-state index contributed by atoms with van der Waals surface area (Å²) in [7, 11) is 0. The van der Waals surface area contributed by atoms with Crippen LogP contribution in [0.2, 0.25) is 5.15 Å². The second kappa shape index (κ2) is 9.35. The topological polar surface area (TPSA) is 144 Å². The predicted molar refractivity (Wildman–Crippen MR) is 127 cm³/mol. The highest BCUT2D eigenvalue weighted by atomic mass is 35.5. The molecule has 4 rings (SSSR count). The number of halogens is 1. The van der Waals surface area contributed by atoms with Gasteiger partial charge in [0.15, 0.2) is 5.96 Å². The summed E-state index contributed by atoms with van der Waals surface area (Å²) in [6, 6.07) is 9.04. The van der Waals surface area contributed by atoms with E-state index in [-0.39, 0.29) is 23.9 Å². The normalized spacial score (nSPS) is 18.2. The van der Waals surface area contributed by atoms with Crippen molar-refractivity contribution in [3.8, 4) is 0 Å². The van der Waals surface area contributed by atoms with Crippen LogP contribution < -0.4 is 22.1 Å². The van der Waals surface area contributed by atoms with Crippen molar-refractivity contribution in [1.82, 2.24) is 15.0 Å². The summed E-state index contributed by atoms with van der Waals surface area (Å²) in [5, 5.41) is 7.43. The number of carbonyl (C=O) groups excluding carboxylic acids is 1. The number of carbonyl (C=O) groups is 1. The molecule has 2 heterocycles. The van der Waals surface area contributed by atoms with Gasteiger partial charge in [-0.3, -0.25) is 4.79 Å². The third-order valence-electron chi connectivity index (χ3n) is 5.41. The van der Waals surface area contributed by atoms with Gasteiger partial charge in [0.25, 0.3) is 5.91 Å². The van der Waals surface area contributed by atoms with Gasteiger partial charge in [0, 0.05) is 5.39 Å².